The van der Waals surface area contributed by atoms with E-state index in [0.29, 0.717) is 17.7 Å². The van der Waals surface area contributed by atoms with Gasteiger partial charge in [0, 0.05) is 12.1 Å². The predicted octanol–water partition coefficient (Wildman–Crippen LogP) is 3.54. The fourth-order valence-corrected chi connectivity index (χ4v) is 2.94. The highest BCUT2D eigenvalue weighted by atomic mass is 32.2. The van der Waals surface area contributed by atoms with Gasteiger partial charge in [0.2, 0.25) is 11.8 Å². The Morgan fingerprint density at radius 2 is 1.88 bits per heavy atom. The van der Waals surface area contributed by atoms with Gasteiger partial charge in [0.05, 0.1) is 12.4 Å². The summed E-state index contributed by atoms with van der Waals surface area (Å²) in [5.41, 5.74) is 1.85. The summed E-state index contributed by atoms with van der Waals surface area (Å²) in [6.45, 7) is 2.26. The first-order valence-corrected chi connectivity index (χ1v) is 9.00. The van der Waals surface area contributed by atoms with Crippen molar-refractivity contribution >= 4 is 17.7 Å². The van der Waals surface area contributed by atoms with Gasteiger partial charge in [-0.15, -0.1) is 10.2 Å². The minimum absolute atomic E-state index is 0.0923. The summed E-state index contributed by atoms with van der Waals surface area (Å²) in [6, 6.07) is 17.1. The van der Waals surface area contributed by atoms with Gasteiger partial charge in [-0.3, -0.25) is 4.79 Å². The standard InChI is InChI=1S/C19H19N3O3S/c1-13(17(23)20-12-14-8-10-16(24-2)11-9-14)26-19-22-21-18(25-19)15-6-4-3-5-7-15/h3-11,13H,12H2,1-2H3,(H,20,23)/t13-/m1/s1. The first-order chi connectivity index (χ1) is 12.7. The summed E-state index contributed by atoms with van der Waals surface area (Å²) in [4.78, 5) is 12.3. The van der Waals surface area contributed by atoms with E-state index in [1.54, 1.807) is 14.0 Å². The number of aromatic nitrogens is 2. The largest absolute Gasteiger partial charge is 0.497 e. The molecule has 1 amide bonds. The van der Waals surface area contributed by atoms with Crippen LogP contribution in [0.15, 0.2) is 64.2 Å². The lowest BCUT2D eigenvalue weighted by Gasteiger charge is -2.10. The van der Waals surface area contributed by atoms with E-state index in [1.807, 2.05) is 54.6 Å². The van der Waals surface area contributed by atoms with Crippen LogP contribution in [-0.2, 0) is 11.3 Å². The number of hydrogen-bond donors (Lipinski definition) is 1. The second kappa shape index (κ2) is 8.53. The zero-order valence-electron chi connectivity index (χ0n) is 14.5. The van der Waals surface area contributed by atoms with Gasteiger partial charge >= 0.3 is 0 Å². The molecule has 0 spiro atoms. The third-order valence-corrected chi connectivity index (χ3v) is 4.63. The van der Waals surface area contributed by atoms with Gasteiger partial charge in [0.25, 0.3) is 5.22 Å². The van der Waals surface area contributed by atoms with Crippen LogP contribution in [0.25, 0.3) is 11.5 Å². The van der Waals surface area contributed by atoms with Crippen molar-refractivity contribution in [3.63, 3.8) is 0 Å². The Bertz CT molecular complexity index is 850. The van der Waals surface area contributed by atoms with Crippen LogP contribution in [0.1, 0.15) is 12.5 Å². The SMILES string of the molecule is COc1ccc(CNC(=O)[C@@H](C)Sc2nnc(-c3ccccc3)o2)cc1. The third kappa shape index (κ3) is 4.64. The minimum Gasteiger partial charge on any atom is -0.497 e. The number of benzene rings is 2. The minimum atomic E-state index is -0.350. The fourth-order valence-electron chi connectivity index (χ4n) is 2.24. The van der Waals surface area contributed by atoms with Crippen molar-refractivity contribution in [3.8, 4) is 17.2 Å². The summed E-state index contributed by atoms with van der Waals surface area (Å²) in [6.07, 6.45) is 0. The molecule has 0 saturated carbocycles. The zero-order chi connectivity index (χ0) is 18.4. The molecule has 26 heavy (non-hydrogen) atoms. The van der Waals surface area contributed by atoms with Crippen molar-refractivity contribution in [2.45, 2.75) is 23.9 Å². The zero-order valence-corrected chi connectivity index (χ0v) is 15.3. The van der Waals surface area contributed by atoms with Crippen molar-refractivity contribution in [1.29, 1.82) is 0 Å². The van der Waals surface area contributed by atoms with Gasteiger partial charge < -0.3 is 14.5 Å². The molecule has 0 aliphatic carbocycles. The first-order valence-electron chi connectivity index (χ1n) is 8.12. The molecule has 3 rings (SSSR count). The molecule has 1 atom stereocenters. The average Bonchev–Trinajstić information content (AvgIpc) is 3.15. The lowest BCUT2D eigenvalue weighted by Crippen LogP contribution is -2.30. The molecule has 0 saturated heterocycles. The van der Waals surface area contributed by atoms with E-state index in [-0.39, 0.29) is 11.2 Å². The van der Waals surface area contributed by atoms with Crippen LogP contribution in [-0.4, -0.2) is 28.5 Å². The van der Waals surface area contributed by atoms with Crippen LogP contribution < -0.4 is 10.1 Å². The predicted molar refractivity (Wildman–Crippen MR) is 99.9 cm³/mol. The maximum Gasteiger partial charge on any atom is 0.277 e. The normalized spacial score (nSPS) is 11.8. The Morgan fingerprint density at radius 3 is 2.58 bits per heavy atom. The number of nitrogens with one attached hydrogen (secondary N) is 1. The Morgan fingerprint density at radius 1 is 1.15 bits per heavy atom. The highest BCUT2D eigenvalue weighted by molar-refractivity contribution is 8.00. The molecule has 2 aromatic carbocycles. The number of methoxy groups -OCH3 is 1. The number of thioether (sulfide) groups is 1. The number of amides is 1. The molecule has 3 aromatic rings. The van der Waals surface area contributed by atoms with Gasteiger partial charge in [-0.25, -0.2) is 0 Å². The van der Waals surface area contributed by atoms with Crippen LogP contribution in [0, 0.1) is 0 Å². The maximum absolute atomic E-state index is 12.3. The Kier molecular flexibility index (Phi) is 5.91. The molecule has 0 unspecified atom stereocenters. The van der Waals surface area contributed by atoms with Gasteiger partial charge in [0.15, 0.2) is 0 Å². The lowest BCUT2D eigenvalue weighted by molar-refractivity contribution is -0.120. The fraction of sp³-hybridized carbons (Fsp3) is 0.211. The number of nitrogens with zero attached hydrogens (tertiary/aromatic N) is 2. The van der Waals surface area contributed by atoms with Gasteiger partial charge in [0.1, 0.15) is 5.75 Å². The summed E-state index contributed by atoms with van der Waals surface area (Å²) in [5, 5.41) is 11.0. The second-order valence-electron chi connectivity index (χ2n) is 5.57. The molecule has 1 N–H and O–H groups in total. The number of hydrogen-bond acceptors (Lipinski definition) is 6. The van der Waals surface area contributed by atoms with Gasteiger partial charge in [-0.05, 0) is 36.8 Å². The Balaban J connectivity index is 1.53. The topological polar surface area (TPSA) is 77.2 Å². The van der Waals surface area contributed by atoms with Gasteiger partial charge in [-0.2, -0.15) is 0 Å². The smallest absolute Gasteiger partial charge is 0.277 e. The Hall–Kier alpha value is -2.80. The molecule has 6 nitrogen and oxygen atoms in total. The van der Waals surface area contributed by atoms with Gasteiger partial charge in [-0.1, -0.05) is 42.1 Å². The average molecular weight is 369 g/mol. The Labute approximate surface area is 156 Å². The van der Waals surface area contributed by atoms with E-state index in [2.05, 4.69) is 15.5 Å². The maximum atomic E-state index is 12.3. The lowest BCUT2D eigenvalue weighted by atomic mass is 10.2. The number of carbonyl (C=O) groups is 1. The van der Waals surface area contributed by atoms with Crippen LogP contribution in [0.3, 0.4) is 0 Å². The molecule has 0 radical (unpaired) electrons. The molecule has 0 fully saturated rings. The molecule has 7 heteroatoms. The van der Waals surface area contributed by atoms with E-state index in [4.69, 9.17) is 9.15 Å². The quantitative estimate of drug-likeness (QED) is 0.642. The monoisotopic (exact) mass is 369 g/mol. The van der Waals surface area contributed by atoms with E-state index >= 15 is 0 Å². The van der Waals surface area contributed by atoms with E-state index in [0.717, 1.165) is 16.9 Å². The number of ether oxygens (including phenoxy) is 1. The molecular formula is C19H19N3O3S. The van der Waals surface area contributed by atoms with E-state index < -0.39 is 0 Å². The molecule has 1 aromatic heterocycles. The third-order valence-electron chi connectivity index (χ3n) is 3.70. The highest BCUT2D eigenvalue weighted by Gasteiger charge is 2.18. The van der Waals surface area contributed by atoms with Crippen molar-refractivity contribution in [2.75, 3.05) is 7.11 Å². The number of carbonyl (C=O) groups excluding carboxylic acids is 1. The van der Waals surface area contributed by atoms with Crippen LogP contribution in [0.4, 0.5) is 0 Å². The van der Waals surface area contributed by atoms with Crippen molar-refractivity contribution in [1.82, 2.24) is 15.5 Å². The van der Waals surface area contributed by atoms with E-state index in [9.17, 15) is 4.79 Å². The number of rotatable bonds is 7. The molecule has 134 valence electrons. The van der Waals surface area contributed by atoms with Crippen molar-refractivity contribution < 1.29 is 13.9 Å². The second-order valence-corrected chi connectivity index (χ2v) is 6.86. The first kappa shape index (κ1) is 18.0. The molecule has 1 heterocycles. The van der Waals surface area contributed by atoms with Crippen LogP contribution in [0.5, 0.6) is 5.75 Å². The van der Waals surface area contributed by atoms with Crippen LogP contribution in [0.2, 0.25) is 0 Å². The molecule has 0 bridgehead atoms. The highest BCUT2D eigenvalue weighted by Crippen LogP contribution is 2.26. The summed E-state index contributed by atoms with van der Waals surface area (Å²) in [5.74, 6) is 1.14. The van der Waals surface area contributed by atoms with Crippen LogP contribution >= 0.6 is 11.8 Å². The molecule has 0 aliphatic heterocycles. The molecule has 0 aliphatic rings. The summed E-state index contributed by atoms with van der Waals surface area (Å²) < 4.78 is 10.7. The van der Waals surface area contributed by atoms with Crippen molar-refractivity contribution in [3.05, 3.63) is 60.2 Å². The van der Waals surface area contributed by atoms with E-state index in [1.165, 1.54) is 11.8 Å². The van der Waals surface area contributed by atoms with Crippen molar-refractivity contribution in [2.24, 2.45) is 0 Å². The molecular weight excluding hydrogens is 350 g/mol. The summed E-state index contributed by atoms with van der Waals surface area (Å²) >= 11 is 1.24. The summed E-state index contributed by atoms with van der Waals surface area (Å²) in [7, 11) is 1.62.